The molecule has 0 aliphatic rings. The van der Waals surface area contributed by atoms with Gasteiger partial charge >= 0.3 is 5.97 Å². The molecule has 0 fully saturated rings. The molecular formula is C20H13Cl3N2O4S. The quantitative estimate of drug-likeness (QED) is 0.345. The zero-order chi connectivity index (χ0) is 21.7. The van der Waals surface area contributed by atoms with Crippen LogP contribution in [0.1, 0.15) is 20.0 Å². The Bertz CT molecular complexity index is 1100. The lowest BCUT2D eigenvalue weighted by molar-refractivity contribution is -0.119. The van der Waals surface area contributed by atoms with Gasteiger partial charge in [0.15, 0.2) is 6.61 Å². The molecule has 0 bridgehead atoms. The molecule has 10 heteroatoms. The van der Waals surface area contributed by atoms with Crippen molar-refractivity contribution in [3.63, 3.8) is 0 Å². The van der Waals surface area contributed by atoms with Crippen LogP contribution in [0.5, 0.6) is 0 Å². The van der Waals surface area contributed by atoms with Crippen LogP contribution >= 0.6 is 46.1 Å². The third kappa shape index (κ3) is 5.52. The summed E-state index contributed by atoms with van der Waals surface area (Å²) < 4.78 is 5.07. The first-order valence-corrected chi connectivity index (χ1v) is 10.4. The van der Waals surface area contributed by atoms with Gasteiger partial charge in [-0.3, -0.25) is 9.59 Å². The SMILES string of the molecule is O=C(COC(=O)c1ccccc1NC(=O)c1cccs1)Nc1cc(Cl)c(Cl)cc1Cl. The Morgan fingerprint density at radius 1 is 0.867 bits per heavy atom. The molecule has 30 heavy (non-hydrogen) atoms. The van der Waals surface area contributed by atoms with Gasteiger partial charge in [-0.25, -0.2) is 4.79 Å². The monoisotopic (exact) mass is 482 g/mol. The number of hydrogen-bond donors (Lipinski definition) is 2. The summed E-state index contributed by atoms with van der Waals surface area (Å²) in [6, 6.07) is 12.5. The summed E-state index contributed by atoms with van der Waals surface area (Å²) in [6.07, 6.45) is 0. The summed E-state index contributed by atoms with van der Waals surface area (Å²) in [5.41, 5.74) is 0.618. The summed E-state index contributed by atoms with van der Waals surface area (Å²) in [6.45, 7) is -0.567. The van der Waals surface area contributed by atoms with Gasteiger partial charge < -0.3 is 15.4 Å². The van der Waals surface area contributed by atoms with Crippen LogP contribution in [-0.4, -0.2) is 24.4 Å². The van der Waals surface area contributed by atoms with Gasteiger partial charge in [-0.2, -0.15) is 0 Å². The summed E-state index contributed by atoms with van der Waals surface area (Å²) >= 11 is 19.0. The molecule has 3 aromatic rings. The number of carbonyl (C=O) groups excluding carboxylic acids is 3. The highest BCUT2D eigenvalue weighted by molar-refractivity contribution is 7.12. The smallest absolute Gasteiger partial charge is 0.340 e. The maximum absolute atomic E-state index is 12.4. The van der Waals surface area contributed by atoms with Crippen molar-refractivity contribution >= 4 is 75.3 Å². The van der Waals surface area contributed by atoms with E-state index in [4.69, 9.17) is 39.5 Å². The number of carbonyl (C=O) groups is 3. The molecule has 154 valence electrons. The molecule has 0 aliphatic carbocycles. The molecule has 2 N–H and O–H groups in total. The van der Waals surface area contributed by atoms with E-state index in [2.05, 4.69) is 10.6 Å². The molecule has 6 nitrogen and oxygen atoms in total. The Morgan fingerprint density at radius 3 is 2.33 bits per heavy atom. The number of esters is 1. The number of thiophene rings is 1. The molecule has 0 atom stereocenters. The highest BCUT2D eigenvalue weighted by atomic mass is 35.5. The van der Waals surface area contributed by atoms with E-state index < -0.39 is 18.5 Å². The van der Waals surface area contributed by atoms with Gasteiger partial charge in [0.1, 0.15) is 0 Å². The molecule has 0 radical (unpaired) electrons. The molecule has 1 aromatic heterocycles. The molecule has 2 amide bonds. The van der Waals surface area contributed by atoms with Crippen molar-refractivity contribution in [1.29, 1.82) is 0 Å². The highest BCUT2D eigenvalue weighted by Crippen LogP contribution is 2.32. The molecule has 3 rings (SSSR count). The zero-order valence-electron chi connectivity index (χ0n) is 15.1. The average molecular weight is 484 g/mol. The van der Waals surface area contributed by atoms with Crippen LogP contribution in [0.25, 0.3) is 0 Å². The second-order valence-electron chi connectivity index (χ2n) is 5.85. The minimum absolute atomic E-state index is 0.114. The number of benzene rings is 2. The number of hydrogen-bond acceptors (Lipinski definition) is 5. The van der Waals surface area contributed by atoms with Crippen LogP contribution in [0, 0.1) is 0 Å². The van der Waals surface area contributed by atoms with Crippen LogP contribution in [0.2, 0.25) is 15.1 Å². The van der Waals surface area contributed by atoms with Crippen LogP contribution in [0.3, 0.4) is 0 Å². The summed E-state index contributed by atoms with van der Waals surface area (Å²) in [7, 11) is 0. The first kappa shape index (κ1) is 22.1. The van der Waals surface area contributed by atoms with Crippen molar-refractivity contribution in [3.05, 3.63) is 79.4 Å². The highest BCUT2D eigenvalue weighted by Gasteiger charge is 2.17. The van der Waals surface area contributed by atoms with E-state index >= 15 is 0 Å². The number of para-hydroxylation sites is 1. The van der Waals surface area contributed by atoms with Gasteiger partial charge in [0.25, 0.3) is 11.8 Å². The fourth-order valence-corrected chi connectivity index (χ4v) is 3.59. The predicted molar refractivity (Wildman–Crippen MR) is 119 cm³/mol. The standard InChI is InChI=1S/C20H13Cl3N2O4S/c21-12-8-14(23)16(9-13(12)22)24-18(26)10-29-20(28)11-4-1-2-5-15(11)25-19(27)17-6-3-7-30-17/h1-9H,10H2,(H,24,26)(H,25,27). The minimum atomic E-state index is -0.771. The van der Waals surface area contributed by atoms with E-state index in [-0.39, 0.29) is 37.9 Å². The van der Waals surface area contributed by atoms with Crippen LogP contribution in [0.15, 0.2) is 53.9 Å². The van der Waals surface area contributed by atoms with Crippen molar-refractivity contribution in [2.75, 3.05) is 17.2 Å². The van der Waals surface area contributed by atoms with E-state index in [0.717, 1.165) is 0 Å². The predicted octanol–water partition coefficient (Wildman–Crippen LogP) is 5.76. The van der Waals surface area contributed by atoms with Gasteiger partial charge in [0, 0.05) is 0 Å². The number of rotatable bonds is 6. The van der Waals surface area contributed by atoms with E-state index in [1.54, 1.807) is 35.7 Å². The second kappa shape index (κ2) is 9.95. The molecule has 0 spiro atoms. The second-order valence-corrected chi connectivity index (χ2v) is 8.02. The molecule has 1 heterocycles. The molecule has 0 aliphatic heterocycles. The van der Waals surface area contributed by atoms with Crippen LogP contribution < -0.4 is 10.6 Å². The summed E-state index contributed by atoms with van der Waals surface area (Å²) in [5, 5.41) is 7.57. The van der Waals surface area contributed by atoms with Crippen LogP contribution in [-0.2, 0) is 9.53 Å². The van der Waals surface area contributed by atoms with E-state index in [0.29, 0.717) is 4.88 Å². The number of ether oxygens (including phenoxy) is 1. The third-order valence-electron chi connectivity index (χ3n) is 3.76. The molecular weight excluding hydrogens is 471 g/mol. The maximum Gasteiger partial charge on any atom is 0.340 e. The largest absolute Gasteiger partial charge is 0.452 e. The van der Waals surface area contributed by atoms with Crippen molar-refractivity contribution in [3.8, 4) is 0 Å². The van der Waals surface area contributed by atoms with Crippen LogP contribution in [0.4, 0.5) is 11.4 Å². The Morgan fingerprint density at radius 2 is 1.60 bits per heavy atom. The number of halogens is 3. The third-order valence-corrected chi connectivity index (χ3v) is 5.66. The van der Waals surface area contributed by atoms with E-state index in [9.17, 15) is 14.4 Å². The van der Waals surface area contributed by atoms with Gasteiger partial charge in [0.05, 0.1) is 36.9 Å². The number of amides is 2. The molecule has 0 saturated heterocycles. The van der Waals surface area contributed by atoms with E-state index in [1.807, 2.05) is 0 Å². The maximum atomic E-state index is 12.4. The Kier molecular flexibility index (Phi) is 7.33. The molecule has 0 saturated carbocycles. The Labute approximate surface area is 190 Å². The van der Waals surface area contributed by atoms with Gasteiger partial charge in [-0.15, -0.1) is 11.3 Å². The summed E-state index contributed by atoms with van der Waals surface area (Å²) in [4.78, 5) is 37.3. The lowest BCUT2D eigenvalue weighted by Gasteiger charge is -2.11. The van der Waals surface area contributed by atoms with Gasteiger partial charge in [0.2, 0.25) is 0 Å². The lowest BCUT2D eigenvalue weighted by atomic mass is 10.2. The fraction of sp³-hybridized carbons (Fsp3) is 0.0500. The first-order valence-electron chi connectivity index (χ1n) is 8.40. The van der Waals surface area contributed by atoms with Crippen molar-refractivity contribution in [2.24, 2.45) is 0 Å². The topological polar surface area (TPSA) is 84.5 Å². The van der Waals surface area contributed by atoms with Gasteiger partial charge in [-0.1, -0.05) is 53.0 Å². The Balaban J connectivity index is 1.63. The summed E-state index contributed by atoms with van der Waals surface area (Å²) in [5.74, 6) is -1.74. The molecule has 0 unspecified atom stereocenters. The molecule has 2 aromatic carbocycles. The fourth-order valence-electron chi connectivity index (χ4n) is 2.38. The van der Waals surface area contributed by atoms with Crippen molar-refractivity contribution < 1.29 is 19.1 Å². The Hall–Kier alpha value is -2.58. The van der Waals surface area contributed by atoms with Crippen molar-refractivity contribution in [2.45, 2.75) is 0 Å². The normalized spacial score (nSPS) is 10.4. The average Bonchev–Trinajstić information content (AvgIpc) is 3.26. The zero-order valence-corrected chi connectivity index (χ0v) is 18.2. The minimum Gasteiger partial charge on any atom is -0.452 e. The lowest BCUT2D eigenvalue weighted by Crippen LogP contribution is -2.22. The number of nitrogens with one attached hydrogen (secondary N) is 2. The van der Waals surface area contributed by atoms with Crippen molar-refractivity contribution in [1.82, 2.24) is 0 Å². The number of anilines is 2. The van der Waals surface area contributed by atoms with Gasteiger partial charge in [-0.05, 0) is 35.7 Å². The van der Waals surface area contributed by atoms with E-state index in [1.165, 1.54) is 29.5 Å². The first-order chi connectivity index (χ1) is 14.3.